The molecule has 0 heterocycles. The van der Waals surface area contributed by atoms with E-state index in [1.165, 1.54) is 12.1 Å². The normalized spacial score (nSPS) is 26.5. The quantitative estimate of drug-likeness (QED) is 0.885. The highest BCUT2D eigenvalue weighted by molar-refractivity contribution is 6.31. The van der Waals surface area contributed by atoms with Crippen molar-refractivity contribution in [2.24, 2.45) is 10.8 Å². The van der Waals surface area contributed by atoms with E-state index in [0.29, 0.717) is 5.56 Å². The lowest BCUT2D eigenvalue weighted by Crippen LogP contribution is -2.20. The van der Waals surface area contributed by atoms with Crippen molar-refractivity contribution in [3.63, 3.8) is 0 Å². The van der Waals surface area contributed by atoms with Crippen molar-refractivity contribution in [3.8, 4) is 18.2 Å². The van der Waals surface area contributed by atoms with Gasteiger partial charge in [0.2, 0.25) is 0 Å². The van der Waals surface area contributed by atoms with Crippen molar-refractivity contribution in [3.05, 3.63) is 34.9 Å². The summed E-state index contributed by atoms with van der Waals surface area (Å²) in [6, 6.07) is 11.3. The molecular formula is C13H6ClN3O2. The summed E-state index contributed by atoms with van der Waals surface area (Å²) in [6.45, 7) is 0. The van der Waals surface area contributed by atoms with E-state index in [-0.39, 0.29) is 5.02 Å². The Hall–Kier alpha value is -2.55. The Labute approximate surface area is 113 Å². The standard InChI is InChI=1S/C13H6ClN3O2/c14-9-4-2-1-3-8(9)10-12(5-15,6-16)13(10,7-17)11(18)19/h1-4,10H,(H,18,19)/t10-,13+/m0/s1. The number of nitriles is 3. The summed E-state index contributed by atoms with van der Waals surface area (Å²) in [5.74, 6) is -2.53. The van der Waals surface area contributed by atoms with Crippen LogP contribution in [0, 0.1) is 44.8 Å². The van der Waals surface area contributed by atoms with E-state index in [0.717, 1.165) is 0 Å². The fourth-order valence-corrected chi connectivity index (χ4v) is 2.72. The molecule has 92 valence electrons. The molecule has 6 heteroatoms. The highest BCUT2D eigenvalue weighted by Gasteiger charge is 2.85. The molecule has 1 saturated carbocycles. The van der Waals surface area contributed by atoms with Crippen LogP contribution in [0.25, 0.3) is 0 Å². The zero-order valence-corrected chi connectivity index (χ0v) is 10.2. The fourth-order valence-electron chi connectivity index (χ4n) is 2.47. The van der Waals surface area contributed by atoms with E-state index >= 15 is 0 Å². The van der Waals surface area contributed by atoms with Gasteiger partial charge in [-0.2, -0.15) is 15.8 Å². The molecule has 0 aliphatic heterocycles. The van der Waals surface area contributed by atoms with Crippen LogP contribution >= 0.6 is 11.6 Å². The van der Waals surface area contributed by atoms with Crippen LogP contribution in [-0.2, 0) is 4.79 Å². The minimum absolute atomic E-state index is 0.237. The first-order valence-electron chi connectivity index (χ1n) is 5.23. The zero-order valence-electron chi connectivity index (χ0n) is 9.46. The predicted molar refractivity (Wildman–Crippen MR) is 63.5 cm³/mol. The van der Waals surface area contributed by atoms with Gasteiger partial charge < -0.3 is 5.11 Å². The Balaban J connectivity index is 2.70. The summed E-state index contributed by atoms with van der Waals surface area (Å²) in [4.78, 5) is 11.4. The van der Waals surface area contributed by atoms with Gasteiger partial charge in [0.05, 0.1) is 24.1 Å². The topological polar surface area (TPSA) is 109 Å². The molecule has 0 radical (unpaired) electrons. The third-order valence-electron chi connectivity index (χ3n) is 3.49. The maximum Gasteiger partial charge on any atom is 0.327 e. The first-order valence-corrected chi connectivity index (χ1v) is 5.61. The molecule has 1 aliphatic rings. The van der Waals surface area contributed by atoms with Crippen molar-refractivity contribution in [2.45, 2.75) is 5.92 Å². The molecule has 2 rings (SSSR count). The molecule has 0 amide bonds. The molecule has 1 aromatic rings. The maximum absolute atomic E-state index is 11.4. The zero-order chi connectivity index (χ0) is 14.3. The maximum atomic E-state index is 11.4. The van der Waals surface area contributed by atoms with E-state index in [1.807, 2.05) is 0 Å². The largest absolute Gasteiger partial charge is 0.480 e. The summed E-state index contributed by atoms with van der Waals surface area (Å²) in [7, 11) is 0. The Bertz CT molecular complexity index is 681. The Morgan fingerprint density at radius 3 is 2.16 bits per heavy atom. The third kappa shape index (κ3) is 1.30. The number of carboxylic acids is 1. The lowest BCUT2D eigenvalue weighted by atomic mass is 9.97. The van der Waals surface area contributed by atoms with Crippen LogP contribution in [0.4, 0.5) is 0 Å². The number of nitrogens with zero attached hydrogens (tertiary/aromatic N) is 3. The number of hydrogen-bond acceptors (Lipinski definition) is 4. The molecule has 0 bridgehead atoms. The summed E-state index contributed by atoms with van der Waals surface area (Å²) >= 11 is 5.97. The molecule has 0 unspecified atom stereocenters. The number of hydrogen-bond donors (Lipinski definition) is 1. The molecular weight excluding hydrogens is 266 g/mol. The Morgan fingerprint density at radius 1 is 1.21 bits per heavy atom. The number of aliphatic carboxylic acids is 1. The van der Waals surface area contributed by atoms with Gasteiger partial charge in [-0.3, -0.25) is 4.79 Å². The first kappa shape index (κ1) is 12.9. The van der Waals surface area contributed by atoms with Crippen LogP contribution in [0.5, 0.6) is 0 Å². The molecule has 1 aromatic carbocycles. The fraction of sp³-hybridized carbons (Fsp3) is 0.231. The third-order valence-corrected chi connectivity index (χ3v) is 3.83. The lowest BCUT2D eigenvalue weighted by Gasteiger charge is -2.03. The Morgan fingerprint density at radius 2 is 1.79 bits per heavy atom. The van der Waals surface area contributed by atoms with Gasteiger partial charge in [0, 0.05) is 5.02 Å². The highest BCUT2D eigenvalue weighted by Crippen LogP contribution is 2.74. The molecule has 0 spiro atoms. The van der Waals surface area contributed by atoms with E-state index in [2.05, 4.69) is 0 Å². The van der Waals surface area contributed by atoms with Crippen LogP contribution in [0.2, 0.25) is 5.02 Å². The van der Waals surface area contributed by atoms with Gasteiger partial charge in [0.1, 0.15) is 0 Å². The van der Waals surface area contributed by atoms with Crippen molar-refractivity contribution < 1.29 is 9.90 Å². The van der Waals surface area contributed by atoms with E-state index in [9.17, 15) is 15.2 Å². The molecule has 19 heavy (non-hydrogen) atoms. The van der Waals surface area contributed by atoms with Gasteiger partial charge in [-0.1, -0.05) is 29.8 Å². The van der Waals surface area contributed by atoms with Crippen molar-refractivity contribution in [1.82, 2.24) is 0 Å². The van der Waals surface area contributed by atoms with E-state index in [4.69, 9.17) is 22.1 Å². The van der Waals surface area contributed by atoms with Crippen molar-refractivity contribution >= 4 is 17.6 Å². The minimum Gasteiger partial charge on any atom is -0.480 e. The molecule has 1 fully saturated rings. The first-order chi connectivity index (χ1) is 9.01. The number of carboxylic acid groups (broad SMARTS) is 1. The SMILES string of the molecule is N#CC1(C#N)[C@H](c2ccccc2Cl)[C@]1(C#N)C(=O)O. The number of halogens is 1. The van der Waals surface area contributed by atoms with Gasteiger partial charge in [-0.15, -0.1) is 0 Å². The average Bonchev–Trinajstić information content (AvgIpc) is 3.03. The van der Waals surface area contributed by atoms with Gasteiger partial charge >= 0.3 is 5.97 Å². The summed E-state index contributed by atoms with van der Waals surface area (Å²) < 4.78 is 0. The summed E-state index contributed by atoms with van der Waals surface area (Å²) in [6.07, 6.45) is 0. The molecule has 1 N–H and O–H groups in total. The van der Waals surface area contributed by atoms with Crippen molar-refractivity contribution in [2.75, 3.05) is 0 Å². The second kappa shape index (κ2) is 3.99. The number of carbonyl (C=O) groups is 1. The van der Waals surface area contributed by atoms with Crippen molar-refractivity contribution in [1.29, 1.82) is 15.8 Å². The molecule has 1 aliphatic carbocycles. The lowest BCUT2D eigenvalue weighted by molar-refractivity contribution is -0.141. The smallest absolute Gasteiger partial charge is 0.327 e. The van der Waals surface area contributed by atoms with Crippen LogP contribution in [0.15, 0.2) is 24.3 Å². The van der Waals surface area contributed by atoms with Crippen LogP contribution in [0.1, 0.15) is 11.5 Å². The Kier molecular flexibility index (Phi) is 2.71. The number of benzene rings is 1. The minimum atomic E-state index is -2.07. The van der Waals surface area contributed by atoms with E-state index in [1.54, 1.807) is 30.3 Å². The van der Waals surface area contributed by atoms with Gasteiger partial charge in [-0.25, -0.2) is 0 Å². The monoisotopic (exact) mass is 271 g/mol. The highest BCUT2D eigenvalue weighted by atomic mass is 35.5. The molecule has 0 saturated heterocycles. The van der Waals surface area contributed by atoms with Gasteiger partial charge in [0.25, 0.3) is 0 Å². The molecule has 5 nitrogen and oxygen atoms in total. The predicted octanol–water partition coefficient (Wildman–Crippen LogP) is 2.07. The van der Waals surface area contributed by atoms with Crippen LogP contribution < -0.4 is 0 Å². The number of rotatable bonds is 2. The van der Waals surface area contributed by atoms with Crippen LogP contribution in [-0.4, -0.2) is 11.1 Å². The second-order valence-corrected chi connectivity index (χ2v) is 4.62. The average molecular weight is 272 g/mol. The van der Waals surface area contributed by atoms with Gasteiger partial charge in [-0.05, 0) is 11.6 Å². The summed E-state index contributed by atoms with van der Waals surface area (Å²) in [5, 5.41) is 37.0. The van der Waals surface area contributed by atoms with E-state index < -0.39 is 22.7 Å². The second-order valence-electron chi connectivity index (χ2n) is 4.21. The molecule has 0 aromatic heterocycles. The van der Waals surface area contributed by atoms with Gasteiger partial charge in [0.15, 0.2) is 10.8 Å². The summed E-state index contributed by atoms with van der Waals surface area (Å²) in [5.41, 5.74) is -3.64. The van der Waals surface area contributed by atoms with Crippen LogP contribution in [0.3, 0.4) is 0 Å². The molecule has 2 atom stereocenters.